The summed E-state index contributed by atoms with van der Waals surface area (Å²) in [5.74, 6) is -0.105. The van der Waals surface area contributed by atoms with Crippen molar-refractivity contribution in [2.45, 2.75) is 20.8 Å². The average Bonchev–Trinajstić information content (AvgIpc) is 2.17. The number of amides is 1. The van der Waals surface area contributed by atoms with Crippen LogP contribution in [-0.2, 0) is 4.79 Å². The van der Waals surface area contributed by atoms with Gasteiger partial charge in [0.25, 0.3) is 0 Å². The van der Waals surface area contributed by atoms with E-state index in [4.69, 9.17) is 0 Å². The van der Waals surface area contributed by atoms with Crippen LogP contribution in [0.15, 0.2) is 42.5 Å². The van der Waals surface area contributed by atoms with Crippen molar-refractivity contribution in [3.05, 3.63) is 48.9 Å². The molecular formula is C14H18NO+. The quantitative estimate of drug-likeness (QED) is 0.770. The van der Waals surface area contributed by atoms with Crippen molar-refractivity contribution in [3.63, 3.8) is 0 Å². The maximum atomic E-state index is 11.5. The Balaban J connectivity index is 2.41. The number of anilines is 1. The van der Waals surface area contributed by atoms with Crippen LogP contribution in [0.2, 0.25) is 0 Å². The van der Waals surface area contributed by atoms with Crippen LogP contribution in [0.1, 0.15) is 20.8 Å². The molecule has 0 aliphatic rings. The minimum atomic E-state index is -0.105. The highest BCUT2D eigenvalue weighted by molar-refractivity contribution is 5.98. The zero-order valence-corrected chi connectivity index (χ0v) is 10.0. The van der Waals surface area contributed by atoms with Crippen LogP contribution in [0.5, 0.6) is 0 Å². The summed E-state index contributed by atoms with van der Waals surface area (Å²) >= 11 is 0. The summed E-state index contributed by atoms with van der Waals surface area (Å²) in [5, 5.41) is 2.78. The second-order valence-electron chi connectivity index (χ2n) is 4.75. The third-order valence-electron chi connectivity index (χ3n) is 1.89. The highest BCUT2D eigenvalue weighted by Crippen LogP contribution is 2.14. The van der Waals surface area contributed by atoms with Gasteiger partial charge in [-0.2, -0.15) is 0 Å². The maximum Gasteiger partial charge on any atom is 0.331 e. The van der Waals surface area contributed by atoms with Crippen molar-refractivity contribution in [1.29, 1.82) is 0 Å². The van der Waals surface area contributed by atoms with Gasteiger partial charge in [0.2, 0.25) is 0 Å². The molecule has 0 spiro atoms. The molecular weight excluding hydrogens is 198 g/mol. The lowest BCUT2D eigenvalue weighted by molar-refractivity contribution is -0.112. The van der Waals surface area contributed by atoms with E-state index in [9.17, 15) is 4.79 Å². The standard InChI is InChI=1S/C14H17NO/c1-14(2,3)11-7-10-13(16)15-12-8-5-4-6-9-12/h4-11H,1-3H3/p+1. The Bertz CT molecular complexity index is 360. The number of carbonyl (C=O) groups excluding carboxylic acids is 1. The first-order valence-electron chi connectivity index (χ1n) is 5.36. The molecule has 1 aromatic carbocycles. The SMILES string of the molecule is CC(C)(C)C=C[CH+]C(=O)Nc1ccccc1. The van der Waals surface area contributed by atoms with Gasteiger partial charge in [-0.25, -0.2) is 4.79 Å². The molecule has 0 aromatic heterocycles. The van der Waals surface area contributed by atoms with E-state index in [0.29, 0.717) is 0 Å². The molecule has 0 atom stereocenters. The Morgan fingerprint density at radius 2 is 1.88 bits per heavy atom. The van der Waals surface area contributed by atoms with Gasteiger partial charge in [-0.3, -0.25) is 0 Å². The maximum absolute atomic E-state index is 11.5. The summed E-state index contributed by atoms with van der Waals surface area (Å²) in [6, 6.07) is 9.42. The van der Waals surface area contributed by atoms with Gasteiger partial charge in [-0.05, 0) is 32.9 Å². The summed E-state index contributed by atoms with van der Waals surface area (Å²) in [7, 11) is 0. The summed E-state index contributed by atoms with van der Waals surface area (Å²) in [4.78, 5) is 11.5. The van der Waals surface area contributed by atoms with Crippen LogP contribution in [0.3, 0.4) is 0 Å². The van der Waals surface area contributed by atoms with E-state index in [-0.39, 0.29) is 11.3 Å². The largest absolute Gasteiger partial charge is 0.331 e. The fourth-order valence-corrected chi connectivity index (χ4v) is 1.13. The molecule has 1 N–H and O–H groups in total. The first-order valence-corrected chi connectivity index (χ1v) is 5.36. The van der Waals surface area contributed by atoms with Gasteiger partial charge in [-0.1, -0.05) is 18.2 Å². The van der Waals surface area contributed by atoms with E-state index in [0.717, 1.165) is 5.69 Å². The zero-order valence-electron chi connectivity index (χ0n) is 10.0. The molecule has 0 aliphatic heterocycles. The molecule has 2 heteroatoms. The molecule has 0 saturated heterocycles. The minimum Gasteiger partial charge on any atom is -0.305 e. The van der Waals surface area contributed by atoms with Gasteiger partial charge in [-0.15, -0.1) is 0 Å². The predicted molar refractivity (Wildman–Crippen MR) is 68.0 cm³/mol. The fraction of sp³-hybridized carbons (Fsp3) is 0.286. The van der Waals surface area contributed by atoms with E-state index in [1.54, 1.807) is 6.08 Å². The normalized spacial score (nSPS) is 11.4. The molecule has 16 heavy (non-hydrogen) atoms. The summed E-state index contributed by atoms with van der Waals surface area (Å²) in [5.41, 5.74) is 0.914. The molecule has 0 aliphatic carbocycles. The molecule has 0 bridgehead atoms. The van der Waals surface area contributed by atoms with E-state index in [2.05, 4.69) is 26.1 Å². The number of benzene rings is 1. The van der Waals surface area contributed by atoms with Crippen LogP contribution in [0, 0.1) is 11.8 Å². The van der Waals surface area contributed by atoms with Crippen LogP contribution in [-0.4, -0.2) is 5.91 Å². The second-order valence-corrected chi connectivity index (χ2v) is 4.75. The molecule has 0 saturated carbocycles. The topological polar surface area (TPSA) is 29.1 Å². The van der Waals surface area contributed by atoms with Crippen LogP contribution in [0.4, 0.5) is 5.69 Å². The van der Waals surface area contributed by atoms with Crippen molar-refractivity contribution >= 4 is 11.6 Å². The molecule has 0 fully saturated rings. The minimum absolute atomic E-state index is 0.101. The zero-order chi connectivity index (χ0) is 12.0. The lowest BCUT2D eigenvalue weighted by Gasteiger charge is -2.04. The van der Waals surface area contributed by atoms with E-state index < -0.39 is 0 Å². The van der Waals surface area contributed by atoms with Gasteiger partial charge < -0.3 is 5.32 Å². The van der Waals surface area contributed by atoms with Gasteiger partial charge >= 0.3 is 5.91 Å². The van der Waals surface area contributed by atoms with Crippen molar-refractivity contribution in [2.24, 2.45) is 5.41 Å². The van der Waals surface area contributed by atoms with Gasteiger partial charge in [0.15, 0.2) is 0 Å². The third kappa shape index (κ3) is 5.25. The van der Waals surface area contributed by atoms with Gasteiger partial charge in [0.1, 0.15) is 12.5 Å². The Kier molecular flexibility index (Phi) is 4.18. The average molecular weight is 216 g/mol. The Morgan fingerprint density at radius 3 is 2.44 bits per heavy atom. The Hall–Kier alpha value is -1.70. The van der Waals surface area contributed by atoms with Crippen LogP contribution in [0.25, 0.3) is 0 Å². The Morgan fingerprint density at radius 1 is 1.25 bits per heavy atom. The Labute approximate surface area is 97.4 Å². The summed E-state index contributed by atoms with van der Waals surface area (Å²) < 4.78 is 0. The first kappa shape index (κ1) is 12.4. The number of allylic oxidation sites excluding steroid dienone is 1. The van der Waals surface area contributed by atoms with Gasteiger partial charge in [0, 0.05) is 17.2 Å². The highest BCUT2D eigenvalue weighted by Gasteiger charge is 2.11. The van der Waals surface area contributed by atoms with Crippen LogP contribution >= 0.6 is 0 Å². The number of rotatable bonds is 3. The summed E-state index contributed by atoms with van der Waals surface area (Å²) in [6.07, 6.45) is 5.33. The van der Waals surface area contributed by atoms with E-state index >= 15 is 0 Å². The van der Waals surface area contributed by atoms with Crippen molar-refractivity contribution in [1.82, 2.24) is 0 Å². The number of carbonyl (C=O) groups is 1. The number of para-hydroxylation sites is 1. The molecule has 1 amide bonds. The van der Waals surface area contributed by atoms with Gasteiger partial charge in [0.05, 0.1) is 0 Å². The number of hydrogen-bond acceptors (Lipinski definition) is 1. The molecule has 0 radical (unpaired) electrons. The molecule has 0 unspecified atom stereocenters. The molecule has 1 aromatic rings. The predicted octanol–water partition coefficient (Wildman–Crippen LogP) is 3.43. The van der Waals surface area contributed by atoms with E-state index in [1.165, 1.54) is 6.42 Å². The first-order chi connectivity index (χ1) is 7.47. The third-order valence-corrected chi connectivity index (χ3v) is 1.89. The fourth-order valence-electron chi connectivity index (χ4n) is 1.13. The monoisotopic (exact) mass is 216 g/mol. The van der Waals surface area contributed by atoms with Crippen molar-refractivity contribution in [2.75, 3.05) is 5.32 Å². The molecule has 0 heterocycles. The highest BCUT2D eigenvalue weighted by atomic mass is 16.1. The molecule has 84 valence electrons. The lowest BCUT2D eigenvalue weighted by atomic mass is 9.96. The molecule has 1 rings (SSSR count). The number of nitrogens with one attached hydrogen (secondary N) is 1. The summed E-state index contributed by atoms with van der Waals surface area (Å²) in [6.45, 7) is 6.27. The van der Waals surface area contributed by atoms with Crippen molar-refractivity contribution < 1.29 is 4.79 Å². The second kappa shape index (κ2) is 5.40. The van der Waals surface area contributed by atoms with E-state index in [1.807, 2.05) is 36.4 Å². The lowest BCUT2D eigenvalue weighted by Crippen LogP contribution is -2.11. The number of hydrogen-bond donors (Lipinski definition) is 1. The molecule has 2 nitrogen and oxygen atoms in total. The van der Waals surface area contributed by atoms with Crippen LogP contribution < -0.4 is 5.32 Å². The smallest absolute Gasteiger partial charge is 0.305 e. The van der Waals surface area contributed by atoms with Crippen molar-refractivity contribution in [3.8, 4) is 0 Å².